The van der Waals surface area contributed by atoms with Gasteiger partial charge in [-0.2, -0.15) is 0 Å². The molecule has 7 heteroatoms. The van der Waals surface area contributed by atoms with Crippen molar-refractivity contribution in [1.82, 2.24) is 10.3 Å². The van der Waals surface area contributed by atoms with Crippen LogP contribution in [0, 0.1) is 6.92 Å². The van der Waals surface area contributed by atoms with E-state index in [-0.39, 0.29) is 5.91 Å². The van der Waals surface area contributed by atoms with Gasteiger partial charge in [0, 0.05) is 28.6 Å². The van der Waals surface area contributed by atoms with Gasteiger partial charge in [0.15, 0.2) is 11.5 Å². The Labute approximate surface area is 180 Å². The molecule has 0 bridgehead atoms. The van der Waals surface area contributed by atoms with E-state index < -0.39 is 0 Å². The number of nitrogens with zero attached hydrogens (tertiary/aromatic N) is 1. The van der Waals surface area contributed by atoms with Crippen LogP contribution < -0.4 is 19.5 Å². The standard InChI is InChI=1S/C23H24N2O4S/c1-15-5-7-16(8-6-15)18-14-30-23(25-18)13-24-22(26)10-9-17-11-20(28-3)21(29-4)12-19(17)27-2/h5-12,14H,13H2,1-4H3,(H,24,26). The third kappa shape index (κ3) is 5.18. The number of hydrogen-bond donors (Lipinski definition) is 1. The summed E-state index contributed by atoms with van der Waals surface area (Å²) in [6.45, 7) is 2.42. The van der Waals surface area contributed by atoms with Crippen LogP contribution >= 0.6 is 11.3 Å². The molecule has 3 aromatic rings. The van der Waals surface area contributed by atoms with Crippen LogP contribution in [-0.4, -0.2) is 32.2 Å². The van der Waals surface area contributed by atoms with Gasteiger partial charge in [0.1, 0.15) is 10.8 Å². The minimum absolute atomic E-state index is 0.223. The second-order valence-electron chi connectivity index (χ2n) is 6.49. The summed E-state index contributed by atoms with van der Waals surface area (Å²) >= 11 is 1.52. The van der Waals surface area contributed by atoms with Crippen LogP contribution in [0.15, 0.2) is 47.9 Å². The number of rotatable bonds is 8. The lowest BCUT2D eigenvalue weighted by molar-refractivity contribution is -0.116. The smallest absolute Gasteiger partial charge is 0.244 e. The Morgan fingerprint density at radius 1 is 1.03 bits per heavy atom. The van der Waals surface area contributed by atoms with Crippen LogP contribution in [0.5, 0.6) is 17.2 Å². The number of thiazole rings is 1. The number of carbonyl (C=O) groups is 1. The third-order valence-corrected chi connectivity index (χ3v) is 5.31. The maximum Gasteiger partial charge on any atom is 0.244 e. The molecular formula is C23H24N2O4S. The van der Waals surface area contributed by atoms with Crippen molar-refractivity contribution in [2.24, 2.45) is 0 Å². The number of methoxy groups -OCH3 is 3. The molecule has 1 heterocycles. The molecule has 6 nitrogen and oxygen atoms in total. The number of aryl methyl sites for hydroxylation is 1. The van der Waals surface area contributed by atoms with Crippen LogP contribution in [0.1, 0.15) is 16.1 Å². The Morgan fingerprint density at radius 2 is 1.70 bits per heavy atom. The molecule has 1 N–H and O–H groups in total. The second-order valence-corrected chi connectivity index (χ2v) is 7.44. The molecule has 1 amide bonds. The third-order valence-electron chi connectivity index (χ3n) is 4.46. The average Bonchev–Trinajstić information content (AvgIpc) is 3.25. The highest BCUT2D eigenvalue weighted by Gasteiger charge is 2.10. The molecule has 0 spiro atoms. The number of amides is 1. The first-order chi connectivity index (χ1) is 14.5. The molecule has 1 aromatic heterocycles. The highest BCUT2D eigenvalue weighted by Crippen LogP contribution is 2.35. The number of nitrogens with one attached hydrogen (secondary N) is 1. The van der Waals surface area contributed by atoms with Crippen molar-refractivity contribution < 1.29 is 19.0 Å². The van der Waals surface area contributed by atoms with Gasteiger partial charge in [0.05, 0.1) is 33.6 Å². The van der Waals surface area contributed by atoms with Crippen LogP contribution in [-0.2, 0) is 11.3 Å². The average molecular weight is 425 g/mol. The molecule has 2 aromatic carbocycles. The fraction of sp³-hybridized carbons (Fsp3) is 0.217. The lowest BCUT2D eigenvalue weighted by Gasteiger charge is -2.12. The molecule has 156 valence electrons. The Kier molecular flexibility index (Phi) is 7.08. The summed E-state index contributed by atoms with van der Waals surface area (Å²) in [6.07, 6.45) is 3.13. The SMILES string of the molecule is COc1cc(OC)c(OC)cc1C=CC(=O)NCc1nc(-c2ccc(C)cc2)cs1. The molecule has 0 atom stereocenters. The van der Waals surface area contributed by atoms with Crippen LogP contribution in [0.3, 0.4) is 0 Å². The van der Waals surface area contributed by atoms with E-state index in [1.807, 2.05) is 17.5 Å². The number of benzene rings is 2. The first-order valence-electron chi connectivity index (χ1n) is 9.31. The largest absolute Gasteiger partial charge is 0.496 e. The molecule has 30 heavy (non-hydrogen) atoms. The normalized spacial score (nSPS) is 10.8. The Bertz CT molecular complexity index is 1040. The highest BCUT2D eigenvalue weighted by atomic mass is 32.1. The monoisotopic (exact) mass is 424 g/mol. The molecule has 0 radical (unpaired) electrons. The van der Waals surface area contributed by atoms with Gasteiger partial charge in [-0.1, -0.05) is 29.8 Å². The van der Waals surface area contributed by atoms with E-state index >= 15 is 0 Å². The molecule has 3 rings (SSSR count). The molecular weight excluding hydrogens is 400 g/mol. The van der Waals surface area contributed by atoms with Crippen LogP contribution in [0.2, 0.25) is 0 Å². The van der Waals surface area contributed by atoms with Crippen molar-refractivity contribution in [3.05, 3.63) is 64.0 Å². The van der Waals surface area contributed by atoms with Gasteiger partial charge in [-0.05, 0) is 19.1 Å². The quantitative estimate of drug-likeness (QED) is 0.540. The topological polar surface area (TPSA) is 69.7 Å². The minimum Gasteiger partial charge on any atom is -0.496 e. The Hall–Kier alpha value is -3.32. The summed E-state index contributed by atoms with van der Waals surface area (Å²) in [4.78, 5) is 16.9. The summed E-state index contributed by atoms with van der Waals surface area (Å²) in [7, 11) is 4.68. The van der Waals surface area contributed by atoms with E-state index in [1.165, 1.54) is 23.0 Å². The summed E-state index contributed by atoms with van der Waals surface area (Å²) in [6, 6.07) is 11.7. The molecule has 0 saturated heterocycles. The first-order valence-corrected chi connectivity index (χ1v) is 10.2. The van der Waals surface area contributed by atoms with Gasteiger partial charge in [-0.3, -0.25) is 4.79 Å². The maximum atomic E-state index is 12.3. The molecule has 0 unspecified atom stereocenters. The van der Waals surface area contributed by atoms with Gasteiger partial charge in [-0.25, -0.2) is 4.98 Å². The van der Waals surface area contributed by atoms with Crippen molar-refractivity contribution in [1.29, 1.82) is 0 Å². The lowest BCUT2D eigenvalue weighted by atomic mass is 10.1. The summed E-state index contributed by atoms with van der Waals surface area (Å²) < 4.78 is 16.0. The molecule has 0 aliphatic heterocycles. The van der Waals surface area contributed by atoms with Gasteiger partial charge in [0.2, 0.25) is 5.91 Å². The van der Waals surface area contributed by atoms with E-state index in [1.54, 1.807) is 39.5 Å². The van der Waals surface area contributed by atoms with Crippen molar-refractivity contribution in [2.45, 2.75) is 13.5 Å². The Balaban J connectivity index is 1.64. The zero-order valence-electron chi connectivity index (χ0n) is 17.4. The van der Waals surface area contributed by atoms with Crippen LogP contribution in [0.4, 0.5) is 0 Å². The Morgan fingerprint density at radius 3 is 2.37 bits per heavy atom. The maximum absolute atomic E-state index is 12.3. The van der Waals surface area contributed by atoms with Gasteiger partial charge < -0.3 is 19.5 Å². The van der Waals surface area contributed by atoms with Crippen molar-refractivity contribution in [2.75, 3.05) is 21.3 Å². The van der Waals surface area contributed by atoms with E-state index in [0.717, 1.165) is 16.3 Å². The fourth-order valence-electron chi connectivity index (χ4n) is 2.82. The van der Waals surface area contributed by atoms with E-state index in [2.05, 4.69) is 29.4 Å². The van der Waals surface area contributed by atoms with Gasteiger partial charge >= 0.3 is 0 Å². The first kappa shape index (κ1) is 21.4. The molecule has 0 aliphatic carbocycles. The van der Waals surface area contributed by atoms with Crippen LogP contribution in [0.25, 0.3) is 17.3 Å². The minimum atomic E-state index is -0.223. The number of hydrogen-bond acceptors (Lipinski definition) is 6. The lowest BCUT2D eigenvalue weighted by Crippen LogP contribution is -2.20. The van der Waals surface area contributed by atoms with Gasteiger partial charge in [0.25, 0.3) is 0 Å². The predicted molar refractivity (Wildman–Crippen MR) is 119 cm³/mol. The zero-order valence-corrected chi connectivity index (χ0v) is 18.2. The number of carbonyl (C=O) groups excluding carboxylic acids is 1. The van der Waals surface area contributed by atoms with Crippen molar-refractivity contribution >= 4 is 23.3 Å². The highest BCUT2D eigenvalue weighted by molar-refractivity contribution is 7.09. The molecule has 0 saturated carbocycles. The van der Waals surface area contributed by atoms with E-state index in [9.17, 15) is 4.79 Å². The molecule has 0 fully saturated rings. The number of ether oxygens (including phenoxy) is 3. The summed E-state index contributed by atoms with van der Waals surface area (Å²) in [5, 5.41) is 5.70. The number of aromatic nitrogens is 1. The zero-order chi connectivity index (χ0) is 21.5. The molecule has 0 aliphatic rings. The predicted octanol–water partition coefficient (Wildman–Crippen LogP) is 4.47. The van der Waals surface area contributed by atoms with E-state index in [0.29, 0.717) is 29.4 Å². The van der Waals surface area contributed by atoms with Gasteiger partial charge in [-0.15, -0.1) is 11.3 Å². The second kappa shape index (κ2) is 9.93. The summed E-state index contributed by atoms with van der Waals surface area (Å²) in [5.41, 5.74) is 3.89. The van der Waals surface area contributed by atoms with E-state index in [4.69, 9.17) is 14.2 Å². The summed E-state index contributed by atoms with van der Waals surface area (Å²) in [5.74, 6) is 1.48. The van der Waals surface area contributed by atoms with Crippen molar-refractivity contribution in [3.63, 3.8) is 0 Å². The fourth-order valence-corrected chi connectivity index (χ4v) is 3.56. The van der Waals surface area contributed by atoms with Crippen molar-refractivity contribution in [3.8, 4) is 28.5 Å².